The standard InChI is InChI=1S/K.Mo.2O. The normalized spacial score (nSPS) is 3.00. The molecule has 0 bridgehead atoms. The van der Waals surface area contributed by atoms with E-state index in [1.807, 2.05) is 0 Å². The summed E-state index contributed by atoms with van der Waals surface area (Å²) in [6.45, 7) is 0. The zero-order valence-electron chi connectivity index (χ0n) is 2.22. The second-order valence-corrected chi connectivity index (χ2v) is 0.403. The van der Waals surface area contributed by atoms with E-state index in [0.29, 0.717) is 0 Å². The van der Waals surface area contributed by atoms with E-state index in [0.717, 1.165) is 0 Å². The van der Waals surface area contributed by atoms with E-state index in [9.17, 15) is 0 Å². The van der Waals surface area contributed by atoms with Crippen LogP contribution in [0.4, 0.5) is 0 Å². The van der Waals surface area contributed by atoms with Crippen LogP contribution in [0.2, 0.25) is 0 Å². The summed E-state index contributed by atoms with van der Waals surface area (Å²) in [5.41, 5.74) is 0. The summed E-state index contributed by atoms with van der Waals surface area (Å²) in [6.07, 6.45) is 0. The quantitative estimate of drug-likeness (QED) is 0.450. The molecule has 0 fully saturated rings. The minimum absolute atomic E-state index is 0. The zero-order valence-corrected chi connectivity index (χ0v) is 7.35. The van der Waals surface area contributed by atoms with Gasteiger partial charge >= 0.3 is 25.3 Å². The van der Waals surface area contributed by atoms with Crippen molar-refractivity contribution in [1.29, 1.82) is 0 Å². The first-order valence-electron chi connectivity index (χ1n) is 0.333. The molecule has 0 atom stereocenters. The third-order valence-corrected chi connectivity index (χ3v) is 0. The second kappa shape index (κ2) is 8.87. The Labute approximate surface area is 74.9 Å². The molecule has 0 aromatic heterocycles. The molecular weight excluding hydrogens is 167 g/mol. The SMILES string of the molecule is [K].[O]=[Mo]=[O]. The van der Waals surface area contributed by atoms with Crippen LogP contribution in [0.5, 0.6) is 0 Å². The van der Waals surface area contributed by atoms with E-state index in [4.69, 9.17) is 6.80 Å². The van der Waals surface area contributed by atoms with Crippen molar-refractivity contribution in [2.75, 3.05) is 0 Å². The van der Waals surface area contributed by atoms with Gasteiger partial charge in [-0.1, -0.05) is 0 Å². The molecule has 0 amide bonds. The molecule has 4 heteroatoms. The second-order valence-electron chi connectivity index (χ2n) is 0.0680. The van der Waals surface area contributed by atoms with Gasteiger partial charge in [-0.25, -0.2) is 0 Å². The fraction of sp³-hybridized carbons (Fsp3) is 0. The summed E-state index contributed by atoms with van der Waals surface area (Å²) in [5.74, 6) is 0. The topological polar surface area (TPSA) is 34.1 Å². The molecule has 0 saturated heterocycles. The van der Waals surface area contributed by atoms with Gasteiger partial charge < -0.3 is 0 Å². The van der Waals surface area contributed by atoms with Gasteiger partial charge in [0.25, 0.3) is 0 Å². The number of rotatable bonds is 0. The summed E-state index contributed by atoms with van der Waals surface area (Å²) in [6, 6.07) is 0. The van der Waals surface area contributed by atoms with Crippen molar-refractivity contribution in [3.05, 3.63) is 0 Å². The van der Waals surface area contributed by atoms with Crippen molar-refractivity contribution >= 4 is 51.4 Å². The summed E-state index contributed by atoms with van der Waals surface area (Å²) in [4.78, 5) is 0. The zero-order chi connectivity index (χ0) is 2.71. The molecule has 4 heavy (non-hydrogen) atoms. The van der Waals surface area contributed by atoms with Crippen LogP contribution in [0.15, 0.2) is 0 Å². The van der Waals surface area contributed by atoms with Crippen molar-refractivity contribution < 1.29 is 25.3 Å². The molecule has 0 aliphatic heterocycles. The molecule has 0 aromatic rings. The molecule has 0 N–H and O–H groups in total. The van der Waals surface area contributed by atoms with E-state index in [1.54, 1.807) is 0 Å². The predicted octanol–water partition coefficient (Wildman–Crippen LogP) is -0.621. The van der Waals surface area contributed by atoms with Gasteiger partial charge in [-0.15, -0.1) is 0 Å². The molecule has 2 nitrogen and oxygen atoms in total. The van der Waals surface area contributed by atoms with Gasteiger partial charge in [0.05, 0.1) is 0 Å². The predicted molar refractivity (Wildman–Crippen MR) is 7.13 cm³/mol. The van der Waals surface area contributed by atoms with Crippen LogP contribution >= 0.6 is 0 Å². The molecule has 0 rings (SSSR count). The molecule has 0 aliphatic rings. The molecule has 0 saturated carbocycles. The third-order valence-electron chi connectivity index (χ3n) is 0. The third kappa shape index (κ3) is 9.06. The van der Waals surface area contributed by atoms with E-state index in [-0.39, 0.29) is 51.4 Å². The van der Waals surface area contributed by atoms with E-state index in [2.05, 4.69) is 0 Å². The molecule has 0 aromatic carbocycles. The van der Waals surface area contributed by atoms with E-state index in [1.165, 1.54) is 0 Å². The van der Waals surface area contributed by atoms with Crippen LogP contribution in [-0.2, 0) is 25.3 Å². The molecular formula is KMoO2. The van der Waals surface area contributed by atoms with E-state index < -0.39 is 18.5 Å². The Bertz CT molecular complexity index is 27.0. The van der Waals surface area contributed by atoms with Crippen LogP contribution < -0.4 is 0 Å². The van der Waals surface area contributed by atoms with Gasteiger partial charge in [0, 0.05) is 51.4 Å². The molecule has 1 radical (unpaired) electrons. The van der Waals surface area contributed by atoms with Crippen LogP contribution in [-0.4, -0.2) is 51.4 Å². The molecule has 0 unspecified atom stereocenters. The van der Waals surface area contributed by atoms with Gasteiger partial charge in [0.15, 0.2) is 0 Å². The summed E-state index contributed by atoms with van der Waals surface area (Å²) < 4.78 is 17.0. The fourth-order valence-electron chi connectivity index (χ4n) is 0. The Hall–Kier alpha value is 1.92. The summed E-state index contributed by atoms with van der Waals surface area (Å²) in [5, 5.41) is 0. The Balaban J connectivity index is 0. The van der Waals surface area contributed by atoms with Crippen molar-refractivity contribution in [3.8, 4) is 0 Å². The first-order chi connectivity index (χ1) is 1.41. The van der Waals surface area contributed by atoms with Crippen molar-refractivity contribution in [2.45, 2.75) is 0 Å². The van der Waals surface area contributed by atoms with Gasteiger partial charge in [-0.05, 0) is 0 Å². The Morgan fingerprint density at radius 2 is 1.25 bits per heavy atom. The Kier molecular flexibility index (Phi) is 20.7. The van der Waals surface area contributed by atoms with Gasteiger partial charge in [0.2, 0.25) is 0 Å². The van der Waals surface area contributed by atoms with Crippen LogP contribution in [0.1, 0.15) is 0 Å². The van der Waals surface area contributed by atoms with Crippen LogP contribution in [0, 0.1) is 0 Å². The van der Waals surface area contributed by atoms with Gasteiger partial charge in [-0.2, -0.15) is 0 Å². The molecule has 19 valence electrons. The van der Waals surface area contributed by atoms with Gasteiger partial charge in [-0.3, -0.25) is 0 Å². The minimum atomic E-state index is -2.03. The molecule has 0 spiro atoms. The maximum absolute atomic E-state index is 8.50. The van der Waals surface area contributed by atoms with Crippen LogP contribution in [0.25, 0.3) is 0 Å². The molecule has 0 aliphatic carbocycles. The first-order valence-corrected chi connectivity index (χ1v) is 1.97. The van der Waals surface area contributed by atoms with Crippen molar-refractivity contribution in [3.63, 3.8) is 0 Å². The average molecular weight is 167 g/mol. The molecule has 0 heterocycles. The average Bonchev–Trinajstić information content (AvgIpc) is 0.918. The summed E-state index contributed by atoms with van der Waals surface area (Å²) >= 11 is -2.03. The fourth-order valence-corrected chi connectivity index (χ4v) is 0. The van der Waals surface area contributed by atoms with Crippen LogP contribution in [0.3, 0.4) is 0 Å². The number of hydrogen-bond acceptors (Lipinski definition) is 2. The Morgan fingerprint density at radius 1 is 1.25 bits per heavy atom. The van der Waals surface area contributed by atoms with Crippen molar-refractivity contribution in [1.82, 2.24) is 0 Å². The monoisotopic (exact) mass is 169 g/mol. The first kappa shape index (κ1) is 9.33. The maximum atomic E-state index is 8.50. The van der Waals surface area contributed by atoms with Gasteiger partial charge in [0.1, 0.15) is 0 Å². The Morgan fingerprint density at radius 3 is 1.25 bits per heavy atom. The summed E-state index contributed by atoms with van der Waals surface area (Å²) in [7, 11) is 0. The number of hydrogen-bond donors (Lipinski definition) is 0. The van der Waals surface area contributed by atoms with E-state index >= 15 is 0 Å². The van der Waals surface area contributed by atoms with Crippen molar-refractivity contribution in [2.24, 2.45) is 0 Å².